The molecule has 0 aromatic carbocycles. The lowest BCUT2D eigenvalue weighted by atomic mass is 10.0. The van der Waals surface area contributed by atoms with Gasteiger partial charge in [0.2, 0.25) is 15.7 Å². The molecule has 4 N–H and O–H groups in total. The minimum absolute atomic E-state index is 0.172. The van der Waals surface area contributed by atoms with Gasteiger partial charge in [0.05, 0.1) is 12.1 Å². The van der Waals surface area contributed by atoms with Crippen LogP contribution < -0.4 is 16.4 Å². The summed E-state index contributed by atoms with van der Waals surface area (Å²) in [4.78, 5) is 28.9. The minimum atomic E-state index is -4.00. The topological polar surface area (TPSA) is 131 Å². The molecule has 1 fully saturated rings. The number of ketones is 1. The van der Waals surface area contributed by atoms with Crippen LogP contribution in [0, 0.1) is 5.92 Å². The standard InChI is InChI=1S/C17H26N4O4S/c1-11(2)10-12(18)16(23)21-13-6-5-9-20-17(15(13)22)26(24,25)14-7-3-4-8-19-14/h3-4,7-8,11-13,17,20H,5-6,9-10,18H2,1-2H3,(H,21,23)/t12-,13?,17?/m0/s1. The molecule has 1 aliphatic heterocycles. The van der Waals surface area contributed by atoms with Gasteiger partial charge in [0.15, 0.2) is 16.2 Å². The zero-order valence-corrected chi connectivity index (χ0v) is 15.8. The number of carbonyl (C=O) groups excluding carboxylic acids is 2. The molecule has 9 heteroatoms. The van der Waals surface area contributed by atoms with Gasteiger partial charge in [-0.15, -0.1) is 0 Å². The quantitative estimate of drug-likeness (QED) is 0.630. The van der Waals surface area contributed by atoms with Gasteiger partial charge in [0.1, 0.15) is 0 Å². The first-order valence-corrected chi connectivity index (χ1v) is 10.3. The minimum Gasteiger partial charge on any atom is -0.345 e. The fourth-order valence-corrected chi connectivity index (χ4v) is 4.43. The first-order valence-electron chi connectivity index (χ1n) is 8.71. The molecule has 0 bridgehead atoms. The molecule has 3 atom stereocenters. The Bertz CT molecular complexity index is 736. The van der Waals surface area contributed by atoms with Crippen LogP contribution in [0.3, 0.4) is 0 Å². The van der Waals surface area contributed by atoms with E-state index in [2.05, 4.69) is 15.6 Å². The fourth-order valence-electron chi connectivity index (χ4n) is 2.90. The lowest BCUT2D eigenvalue weighted by Gasteiger charge is -2.22. The molecular weight excluding hydrogens is 356 g/mol. The van der Waals surface area contributed by atoms with E-state index in [1.807, 2.05) is 13.8 Å². The van der Waals surface area contributed by atoms with Crippen LogP contribution in [-0.2, 0) is 19.4 Å². The van der Waals surface area contributed by atoms with E-state index in [4.69, 9.17) is 5.73 Å². The third-order valence-corrected chi connectivity index (χ3v) is 6.06. The highest BCUT2D eigenvalue weighted by atomic mass is 32.2. The van der Waals surface area contributed by atoms with Crippen LogP contribution >= 0.6 is 0 Å². The number of sulfone groups is 1. The van der Waals surface area contributed by atoms with E-state index in [9.17, 15) is 18.0 Å². The number of nitrogens with two attached hydrogens (primary N) is 1. The van der Waals surface area contributed by atoms with E-state index in [0.717, 1.165) is 0 Å². The van der Waals surface area contributed by atoms with Gasteiger partial charge in [-0.1, -0.05) is 19.9 Å². The lowest BCUT2D eigenvalue weighted by molar-refractivity contribution is -0.128. The smallest absolute Gasteiger partial charge is 0.237 e. The Morgan fingerprint density at radius 3 is 2.77 bits per heavy atom. The predicted molar refractivity (Wildman–Crippen MR) is 96.8 cm³/mol. The summed E-state index contributed by atoms with van der Waals surface area (Å²) in [5.41, 5.74) is 5.86. The first kappa shape index (κ1) is 20.5. The molecule has 0 aliphatic carbocycles. The van der Waals surface area contributed by atoms with Crippen molar-refractivity contribution in [3.8, 4) is 0 Å². The Labute approximate surface area is 153 Å². The predicted octanol–water partition coefficient (Wildman–Crippen LogP) is -0.00790. The molecule has 1 amide bonds. The van der Waals surface area contributed by atoms with Crippen LogP contribution in [0.2, 0.25) is 0 Å². The maximum Gasteiger partial charge on any atom is 0.237 e. The Morgan fingerprint density at radius 1 is 1.42 bits per heavy atom. The van der Waals surface area contributed by atoms with Crippen LogP contribution in [0.5, 0.6) is 0 Å². The van der Waals surface area contributed by atoms with Crippen molar-refractivity contribution in [3.63, 3.8) is 0 Å². The molecule has 0 saturated carbocycles. The van der Waals surface area contributed by atoms with Gasteiger partial charge in [-0.2, -0.15) is 0 Å². The maximum atomic E-state index is 12.8. The highest BCUT2D eigenvalue weighted by molar-refractivity contribution is 7.92. The van der Waals surface area contributed by atoms with Crippen LogP contribution in [0.4, 0.5) is 0 Å². The van der Waals surface area contributed by atoms with Gasteiger partial charge >= 0.3 is 0 Å². The number of hydrogen-bond acceptors (Lipinski definition) is 7. The Morgan fingerprint density at radius 2 is 2.15 bits per heavy atom. The number of Topliss-reactive ketones (excluding diaryl/α,β-unsaturated/α-hetero) is 1. The van der Waals surface area contributed by atoms with Gasteiger partial charge in [-0.05, 0) is 43.9 Å². The molecule has 2 heterocycles. The van der Waals surface area contributed by atoms with E-state index in [1.165, 1.54) is 12.3 Å². The van der Waals surface area contributed by atoms with E-state index in [-0.39, 0.29) is 10.9 Å². The molecule has 1 aromatic heterocycles. The second-order valence-corrected chi connectivity index (χ2v) is 8.87. The van der Waals surface area contributed by atoms with Crippen LogP contribution in [0.25, 0.3) is 0 Å². The first-order chi connectivity index (χ1) is 12.2. The van der Waals surface area contributed by atoms with Crippen molar-refractivity contribution in [1.82, 2.24) is 15.6 Å². The van der Waals surface area contributed by atoms with E-state index in [1.54, 1.807) is 12.1 Å². The molecule has 1 saturated heterocycles. The fraction of sp³-hybridized carbons (Fsp3) is 0.588. The Hall–Kier alpha value is -1.84. The highest BCUT2D eigenvalue weighted by Gasteiger charge is 2.40. The van der Waals surface area contributed by atoms with Crippen LogP contribution in [-0.4, -0.2) is 49.1 Å². The van der Waals surface area contributed by atoms with Gasteiger partial charge in [-0.25, -0.2) is 13.4 Å². The average molecular weight is 382 g/mol. The summed E-state index contributed by atoms with van der Waals surface area (Å²) in [7, 11) is -4.00. The number of nitrogens with one attached hydrogen (secondary N) is 2. The summed E-state index contributed by atoms with van der Waals surface area (Å²) < 4.78 is 25.6. The second kappa shape index (κ2) is 8.70. The van der Waals surface area contributed by atoms with Crippen molar-refractivity contribution < 1.29 is 18.0 Å². The summed E-state index contributed by atoms with van der Waals surface area (Å²) in [5, 5.41) is 3.79. The number of aromatic nitrogens is 1. The molecule has 8 nitrogen and oxygen atoms in total. The Kier molecular flexibility index (Phi) is 6.85. The second-order valence-electron chi connectivity index (χ2n) is 6.89. The normalized spacial score (nSPS) is 22.7. The average Bonchev–Trinajstić information content (AvgIpc) is 2.77. The molecule has 1 aromatic rings. The summed E-state index contributed by atoms with van der Waals surface area (Å²) in [6.45, 7) is 4.25. The van der Waals surface area contributed by atoms with Crippen molar-refractivity contribution >= 4 is 21.5 Å². The summed E-state index contributed by atoms with van der Waals surface area (Å²) in [6.07, 6.45) is 2.77. The number of pyridine rings is 1. The highest BCUT2D eigenvalue weighted by Crippen LogP contribution is 2.18. The number of amides is 1. The molecule has 0 radical (unpaired) electrons. The van der Waals surface area contributed by atoms with E-state index < -0.39 is 39.0 Å². The third kappa shape index (κ3) is 4.87. The van der Waals surface area contributed by atoms with E-state index >= 15 is 0 Å². The van der Waals surface area contributed by atoms with Gasteiger partial charge < -0.3 is 11.1 Å². The number of carbonyl (C=O) groups is 2. The van der Waals surface area contributed by atoms with Crippen molar-refractivity contribution in [1.29, 1.82) is 0 Å². The monoisotopic (exact) mass is 382 g/mol. The largest absolute Gasteiger partial charge is 0.345 e. The van der Waals surface area contributed by atoms with Gasteiger partial charge in [-0.3, -0.25) is 14.9 Å². The summed E-state index contributed by atoms with van der Waals surface area (Å²) in [5.74, 6) is -0.786. The maximum absolute atomic E-state index is 12.8. The van der Waals surface area contributed by atoms with E-state index in [0.29, 0.717) is 25.8 Å². The molecule has 0 spiro atoms. The zero-order valence-electron chi connectivity index (χ0n) is 15.0. The SMILES string of the molecule is CC(C)C[C@H](N)C(=O)NC1CCCNC(S(=O)(=O)c2ccccn2)C1=O. The third-order valence-electron chi connectivity index (χ3n) is 4.22. The molecule has 2 unspecified atom stereocenters. The van der Waals surface area contributed by atoms with Crippen LogP contribution in [0.1, 0.15) is 33.1 Å². The van der Waals surface area contributed by atoms with Crippen molar-refractivity contribution in [2.24, 2.45) is 11.7 Å². The Balaban J connectivity index is 2.18. The van der Waals surface area contributed by atoms with Crippen molar-refractivity contribution in [2.45, 2.75) is 55.6 Å². The molecule has 26 heavy (non-hydrogen) atoms. The number of hydrogen-bond donors (Lipinski definition) is 3. The van der Waals surface area contributed by atoms with Gasteiger partial charge in [0.25, 0.3) is 0 Å². The van der Waals surface area contributed by atoms with Crippen molar-refractivity contribution in [3.05, 3.63) is 24.4 Å². The summed E-state index contributed by atoms with van der Waals surface area (Å²) >= 11 is 0. The lowest BCUT2D eigenvalue weighted by Crippen LogP contribution is -2.54. The van der Waals surface area contributed by atoms with Crippen molar-refractivity contribution in [2.75, 3.05) is 6.54 Å². The van der Waals surface area contributed by atoms with Gasteiger partial charge in [0, 0.05) is 6.20 Å². The molecule has 1 aliphatic rings. The molecule has 144 valence electrons. The molecule has 2 rings (SSSR count). The zero-order chi connectivity index (χ0) is 19.3. The molecular formula is C17H26N4O4S. The number of nitrogens with zero attached hydrogens (tertiary/aromatic N) is 1. The number of rotatable bonds is 6. The van der Waals surface area contributed by atoms with Crippen LogP contribution in [0.15, 0.2) is 29.4 Å². The summed E-state index contributed by atoms with van der Waals surface area (Å²) in [6, 6.07) is 2.87.